The fourth-order valence-corrected chi connectivity index (χ4v) is 3.30. The second-order valence-corrected chi connectivity index (χ2v) is 6.82. The van der Waals surface area contributed by atoms with Gasteiger partial charge in [-0.05, 0) is 37.1 Å². The summed E-state index contributed by atoms with van der Waals surface area (Å²) in [6.07, 6.45) is 9.40. The average Bonchev–Trinajstić information content (AvgIpc) is 2.94. The molecule has 1 aliphatic rings. The highest BCUT2D eigenvalue weighted by Gasteiger charge is 2.12. The Morgan fingerprint density at radius 2 is 1.85 bits per heavy atom. The van der Waals surface area contributed by atoms with E-state index in [9.17, 15) is 9.18 Å². The number of hydrogen-bond acceptors (Lipinski definition) is 4. The van der Waals surface area contributed by atoms with Crippen molar-refractivity contribution in [2.24, 2.45) is 0 Å². The van der Waals surface area contributed by atoms with E-state index in [0.29, 0.717) is 29.7 Å². The van der Waals surface area contributed by atoms with Gasteiger partial charge in [0.05, 0.1) is 12.1 Å². The van der Waals surface area contributed by atoms with E-state index < -0.39 is 0 Å². The molecule has 1 fully saturated rings. The van der Waals surface area contributed by atoms with Crippen molar-refractivity contribution < 1.29 is 13.6 Å². The molecule has 1 aromatic heterocycles. The minimum Gasteiger partial charge on any atom is -0.444 e. The molecule has 1 saturated carbocycles. The van der Waals surface area contributed by atoms with Crippen LogP contribution in [0.4, 0.5) is 4.39 Å². The van der Waals surface area contributed by atoms with Gasteiger partial charge in [0, 0.05) is 24.7 Å². The molecule has 26 heavy (non-hydrogen) atoms. The number of nitrogens with zero attached hydrogens (tertiary/aromatic N) is 1. The van der Waals surface area contributed by atoms with Gasteiger partial charge < -0.3 is 15.1 Å². The molecule has 6 heteroatoms. The standard InChI is InChI=1S/C20H26FN3O2/c21-16-9-7-15(8-10-16)20-24-18(14-26-20)13-19(25)23-12-11-22-17-5-3-1-2-4-6-17/h7-10,14,17,22H,1-6,11-13H2,(H,23,25). The Balaban J connectivity index is 1.39. The highest BCUT2D eigenvalue weighted by molar-refractivity contribution is 5.78. The molecule has 0 radical (unpaired) electrons. The van der Waals surface area contributed by atoms with Gasteiger partial charge in [-0.2, -0.15) is 0 Å². The molecule has 0 unspecified atom stereocenters. The molecule has 0 spiro atoms. The average molecular weight is 359 g/mol. The Labute approximate surface area is 153 Å². The number of oxazole rings is 1. The number of halogens is 1. The second-order valence-electron chi connectivity index (χ2n) is 6.82. The fraction of sp³-hybridized carbons (Fsp3) is 0.500. The third-order valence-electron chi connectivity index (χ3n) is 4.72. The van der Waals surface area contributed by atoms with E-state index in [4.69, 9.17) is 4.42 Å². The summed E-state index contributed by atoms with van der Waals surface area (Å²) in [5.74, 6) is 0.00631. The van der Waals surface area contributed by atoms with Crippen LogP contribution in [0.2, 0.25) is 0 Å². The molecule has 2 aromatic rings. The highest BCUT2D eigenvalue weighted by atomic mass is 19.1. The summed E-state index contributed by atoms with van der Waals surface area (Å²) < 4.78 is 18.3. The van der Waals surface area contributed by atoms with Crippen LogP contribution in [0.5, 0.6) is 0 Å². The van der Waals surface area contributed by atoms with E-state index in [1.54, 1.807) is 12.1 Å². The Morgan fingerprint density at radius 3 is 2.58 bits per heavy atom. The maximum Gasteiger partial charge on any atom is 0.226 e. The molecule has 1 heterocycles. The molecular weight excluding hydrogens is 333 g/mol. The molecule has 1 aliphatic carbocycles. The van der Waals surface area contributed by atoms with Gasteiger partial charge in [-0.1, -0.05) is 25.7 Å². The van der Waals surface area contributed by atoms with Crippen molar-refractivity contribution in [3.63, 3.8) is 0 Å². The summed E-state index contributed by atoms with van der Waals surface area (Å²) >= 11 is 0. The zero-order valence-corrected chi connectivity index (χ0v) is 15.0. The van der Waals surface area contributed by atoms with Gasteiger partial charge in [0.2, 0.25) is 11.8 Å². The number of nitrogens with one attached hydrogen (secondary N) is 2. The van der Waals surface area contributed by atoms with Crippen LogP contribution in [0.25, 0.3) is 11.5 Å². The normalized spacial score (nSPS) is 15.6. The largest absolute Gasteiger partial charge is 0.444 e. The van der Waals surface area contributed by atoms with Gasteiger partial charge >= 0.3 is 0 Å². The molecule has 0 bridgehead atoms. The van der Waals surface area contributed by atoms with E-state index in [1.165, 1.54) is 56.9 Å². The topological polar surface area (TPSA) is 67.2 Å². The predicted octanol–water partition coefficient (Wildman–Crippen LogP) is 3.45. The monoisotopic (exact) mass is 359 g/mol. The zero-order chi connectivity index (χ0) is 18.2. The number of carbonyl (C=O) groups is 1. The van der Waals surface area contributed by atoms with Crippen molar-refractivity contribution in [1.82, 2.24) is 15.6 Å². The minimum absolute atomic E-state index is 0.0772. The van der Waals surface area contributed by atoms with E-state index in [2.05, 4.69) is 15.6 Å². The number of hydrogen-bond donors (Lipinski definition) is 2. The quantitative estimate of drug-likeness (QED) is 0.587. The molecule has 0 atom stereocenters. The van der Waals surface area contributed by atoms with Gasteiger partial charge in [0.1, 0.15) is 12.1 Å². The first kappa shape index (κ1) is 18.6. The van der Waals surface area contributed by atoms with Crippen molar-refractivity contribution in [2.75, 3.05) is 13.1 Å². The molecule has 0 aliphatic heterocycles. The van der Waals surface area contributed by atoms with E-state index >= 15 is 0 Å². The summed E-state index contributed by atoms with van der Waals surface area (Å²) in [6.45, 7) is 1.40. The van der Waals surface area contributed by atoms with Gasteiger partial charge in [-0.3, -0.25) is 4.79 Å². The summed E-state index contributed by atoms with van der Waals surface area (Å²) in [4.78, 5) is 16.3. The summed E-state index contributed by atoms with van der Waals surface area (Å²) in [6, 6.07) is 6.50. The van der Waals surface area contributed by atoms with Gasteiger partial charge in [0.15, 0.2) is 0 Å². The van der Waals surface area contributed by atoms with Crippen LogP contribution in [0, 0.1) is 5.82 Å². The lowest BCUT2D eigenvalue weighted by atomic mass is 10.1. The summed E-state index contributed by atoms with van der Waals surface area (Å²) in [5, 5.41) is 6.44. The van der Waals surface area contributed by atoms with Crippen molar-refractivity contribution in [1.29, 1.82) is 0 Å². The first-order chi connectivity index (χ1) is 12.7. The summed E-state index contributed by atoms with van der Waals surface area (Å²) in [5.41, 5.74) is 1.25. The molecular formula is C20H26FN3O2. The predicted molar refractivity (Wildman–Crippen MR) is 98.1 cm³/mol. The zero-order valence-electron chi connectivity index (χ0n) is 15.0. The van der Waals surface area contributed by atoms with Crippen molar-refractivity contribution in [2.45, 2.75) is 51.0 Å². The van der Waals surface area contributed by atoms with Crippen LogP contribution in [-0.2, 0) is 11.2 Å². The first-order valence-electron chi connectivity index (χ1n) is 9.41. The maximum atomic E-state index is 13.0. The molecule has 3 rings (SSSR count). The lowest BCUT2D eigenvalue weighted by Gasteiger charge is -2.16. The number of benzene rings is 1. The Kier molecular flexibility index (Phi) is 6.77. The number of carbonyl (C=O) groups excluding carboxylic acids is 1. The van der Waals surface area contributed by atoms with E-state index in [1.807, 2.05) is 0 Å². The highest BCUT2D eigenvalue weighted by Crippen LogP contribution is 2.19. The molecule has 140 valence electrons. The van der Waals surface area contributed by atoms with Crippen molar-refractivity contribution in [3.8, 4) is 11.5 Å². The van der Waals surface area contributed by atoms with Crippen LogP contribution in [0.1, 0.15) is 44.2 Å². The van der Waals surface area contributed by atoms with Crippen LogP contribution < -0.4 is 10.6 Å². The minimum atomic E-state index is -0.308. The second kappa shape index (κ2) is 9.48. The maximum absolute atomic E-state index is 13.0. The molecule has 1 amide bonds. The van der Waals surface area contributed by atoms with Crippen LogP contribution in [0.15, 0.2) is 34.9 Å². The van der Waals surface area contributed by atoms with Crippen LogP contribution in [0.3, 0.4) is 0 Å². The van der Waals surface area contributed by atoms with Gasteiger partial charge in [0.25, 0.3) is 0 Å². The fourth-order valence-electron chi connectivity index (χ4n) is 3.30. The molecule has 2 N–H and O–H groups in total. The van der Waals surface area contributed by atoms with Crippen molar-refractivity contribution >= 4 is 5.91 Å². The Bertz CT molecular complexity index is 691. The smallest absolute Gasteiger partial charge is 0.226 e. The van der Waals surface area contributed by atoms with Gasteiger partial charge in [-0.15, -0.1) is 0 Å². The molecule has 1 aromatic carbocycles. The SMILES string of the molecule is O=C(Cc1coc(-c2ccc(F)cc2)n1)NCCNC1CCCCCC1. The van der Waals surface area contributed by atoms with Gasteiger partial charge in [-0.25, -0.2) is 9.37 Å². The Morgan fingerprint density at radius 1 is 1.12 bits per heavy atom. The van der Waals surface area contributed by atoms with Crippen LogP contribution >= 0.6 is 0 Å². The van der Waals surface area contributed by atoms with E-state index in [-0.39, 0.29) is 18.1 Å². The van der Waals surface area contributed by atoms with E-state index in [0.717, 1.165) is 6.54 Å². The molecule has 5 nitrogen and oxygen atoms in total. The molecule has 0 saturated heterocycles. The lowest BCUT2D eigenvalue weighted by Crippen LogP contribution is -2.37. The van der Waals surface area contributed by atoms with Crippen molar-refractivity contribution in [3.05, 3.63) is 42.0 Å². The third kappa shape index (κ3) is 5.66. The number of amides is 1. The number of aromatic nitrogens is 1. The Hall–Kier alpha value is -2.21. The number of rotatable bonds is 7. The summed E-state index contributed by atoms with van der Waals surface area (Å²) in [7, 11) is 0. The lowest BCUT2D eigenvalue weighted by molar-refractivity contribution is -0.120. The third-order valence-corrected chi connectivity index (χ3v) is 4.72. The first-order valence-corrected chi connectivity index (χ1v) is 9.41. The van der Waals surface area contributed by atoms with Crippen LogP contribution in [-0.4, -0.2) is 30.0 Å².